The molecule has 4 aromatic rings. The van der Waals surface area contributed by atoms with Crippen molar-refractivity contribution in [2.75, 3.05) is 10.6 Å². The van der Waals surface area contributed by atoms with Gasteiger partial charge in [-0.2, -0.15) is 10.2 Å². The second-order valence-corrected chi connectivity index (χ2v) is 8.46. The lowest BCUT2D eigenvalue weighted by molar-refractivity contribution is 0.101. The van der Waals surface area contributed by atoms with Crippen molar-refractivity contribution >= 4 is 23.2 Å². The molecule has 0 bridgehead atoms. The van der Waals surface area contributed by atoms with Crippen molar-refractivity contribution in [2.24, 2.45) is 14.1 Å². The van der Waals surface area contributed by atoms with Crippen LogP contribution in [-0.2, 0) is 20.7 Å². The summed E-state index contributed by atoms with van der Waals surface area (Å²) in [7, 11) is 3.44. The minimum absolute atomic E-state index is 0.232. The highest BCUT2D eigenvalue weighted by atomic mass is 16.5. The summed E-state index contributed by atoms with van der Waals surface area (Å²) in [5.74, 6) is 0.0605. The number of hydrogen-bond donors (Lipinski definition) is 2. The number of nitrogens with one attached hydrogen (secondary N) is 2. The summed E-state index contributed by atoms with van der Waals surface area (Å²) in [4.78, 5) is 25.9. The zero-order valence-electron chi connectivity index (χ0n) is 20.4. The van der Waals surface area contributed by atoms with Gasteiger partial charge in [0.1, 0.15) is 18.1 Å². The van der Waals surface area contributed by atoms with E-state index >= 15 is 0 Å². The predicted octanol–water partition coefficient (Wildman–Crippen LogP) is 4.16. The molecule has 0 spiro atoms. The van der Waals surface area contributed by atoms with E-state index in [1.54, 1.807) is 43.2 Å². The van der Waals surface area contributed by atoms with E-state index in [4.69, 9.17) is 4.74 Å². The summed E-state index contributed by atoms with van der Waals surface area (Å²) in [6, 6.07) is 13.2. The summed E-state index contributed by atoms with van der Waals surface area (Å²) in [6.45, 7) is 6.22. The number of aromatic nitrogens is 4. The molecule has 2 aromatic heterocycles. The van der Waals surface area contributed by atoms with Gasteiger partial charge in [-0.3, -0.25) is 19.0 Å². The lowest BCUT2D eigenvalue weighted by Gasteiger charge is -2.11. The first-order valence-corrected chi connectivity index (χ1v) is 11.1. The Hall–Kier alpha value is -4.40. The van der Waals surface area contributed by atoms with Crippen LogP contribution in [0.3, 0.4) is 0 Å². The van der Waals surface area contributed by atoms with Crippen LogP contribution in [0.4, 0.5) is 11.4 Å². The third kappa shape index (κ3) is 5.24. The molecule has 180 valence electrons. The smallest absolute Gasteiger partial charge is 0.276 e. The number of carbonyl (C=O) groups is 2. The predicted molar refractivity (Wildman–Crippen MR) is 134 cm³/mol. The quantitative estimate of drug-likeness (QED) is 0.420. The fourth-order valence-electron chi connectivity index (χ4n) is 3.72. The maximum Gasteiger partial charge on any atom is 0.276 e. The molecule has 0 aliphatic heterocycles. The molecule has 2 N–H and O–H groups in total. The fourth-order valence-corrected chi connectivity index (χ4v) is 3.72. The van der Waals surface area contributed by atoms with Crippen LogP contribution in [0, 0.1) is 20.8 Å². The first kappa shape index (κ1) is 23.7. The van der Waals surface area contributed by atoms with Crippen molar-refractivity contribution in [1.82, 2.24) is 19.6 Å². The van der Waals surface area contributed by atoms with Crippen molar-refractivity contribution in [2.45, 2.75) is 27.4 Å². The van der Waals surface area contributed by atoms with Gasteiger partial charge in [0.2, 0.25) is 0 Å². The normalized spacial score (nSPS) is 10.8. The summed E-state index contributed by atoms with van der Waals surface area (Å²) in [6.07, 6.45) is 3.03. The van der Waals surface area contributed by atoms with Crippen LogP contribution < -0.4 is 15.4 Å². The monoisotopic (exact) mass is 472 g/mol. The molecule has 0 atom stereocenters. The molecule has 0 saturated heterocycles. The number of benzene rings is 2. The lowest BCUT2D eigenvalue weighted by atomic mass is 10.1. The van der Waals surface area contributed by atoms with E-state index in [1.807, 2.05) is 39.0 Å². The number of rotatable bonds is 7. The van der Waals surface area contributed by atoms with Crippen LogP contribution in [0.15, 0.2) is 54.9 Å². The van der Waals surface area contributed by atoms with Crippen LogP contribution in [0.25, 0.3) is 0 Å². The van der Waals surface area contributed by atoms with Gasteiger partial charge >= 0.3 is 0 Å². The van der Waals surface area contributed by atoms with Crippen molar-refractivity contribution in [1.29, 1.82) is 0 Å². The molecule has 0 fully saturated rings. The Morgan fingerprint density at radius 2 is 1.60 bits per heavy atom. The molecule has 9 heteroatoms. The van der Waals surface area contributed by atoms with E-state index in [0.29, 0.717) is 23.5 Å². The summed E-state index contributed by atoms with van der Waals surface area (Å²) in [5, 5.41) is 13.9. The number of aryl methyl sites for hydroxylation is 4. The first-order valence-electron chi connectivity index (χ1n) is 11.1. The average molecular weight is 473 g/mol. The molecule has 9 nitrogen and oxygen atoms in total. The molecule has 2 aromatic carbocycles. The van der Waals surface area contributed by atoms with E-state index in [1.165, 1.54) is 16.4 Å². The molecule has 2 amide bonds. The van der Waals surface area contributed by atoms with Gasteiger partial charge in [0, 0.05) is 19.7 Å². The van der Waals surface area contributed by atoms with E-state index in [9.17, 15) is 9.59 Å². The molecular weight excluding hydrogens is 444 g/mol. The highest BCUT2D eigenvalue weighted by molar-refractivity contribution is 6.11. The Bertz CT molecular complexity index is 1400. The molecule has 2 heterocycles. The molecule has 0 aliphatic rings. The summed E-state index contributed by atoms with van der Waals surface area (Å²) >= 11 is 0. The van der Waals surface area contributed by atoms with E-state index in [-0.39, 0.29) is 11.6 Å². The fraction of sp³-hybridized carbons (Fsp3) is 0.231. The molecular formula is C26H28N6O3. The van der Waals surface area contributed by atoms with Gasteiger partial charge in [0.15, 0.2) is 0 Å². The molecule has 35 heavy (non-hydrogen) atoms. The molecule has 0 saturated carbocycles. The number of amides is 2. The molecule has 0 radical (unpaired) electrons. The van der Waals surface area contributed by atoms with Gasteiger partial charge in [-0.05, 0) is 50.1 Å². The van der Waals surface area contributed by atoms with Crippen LogP contribution in [0.1, 0.15) is 43.2 Å². The number of carbonyl (C=O) groups excluding carboxylic acids is 2. The Morgan fingerprint density at radius 1 is 0.886 bits per heavy atom. The molecule has 4 rings (SSSR count). The maximum atomic E-state index is 13.0. The largest absolute Gasteiger partial charge is 0.489 e. The minimum atomic E-state index is -0.396. The topological polar surface area (TPSA) is 103 Å². The summed E-state index contributed by atoms with van der Waals surface area (Å²) < 4.78 is 9.03. The highest BCUT2D eigenvalue weighted by Gasteiger charge is 2.21. The second-order valence-electron chi connectivity index (χ2n) is 8.46. The van der Waals surface area contributed by atoms with Crippen LogP contribution in [0.2, 0.25) is 0 Å². The van der Waals surface area contributed by atoms with Gasteiger partial charge < -0.3 is 15.4 Å². The van der Waals surface area contributed by atoms with E-state index < -0.39 is 5.91 Å². The maximum absolute atomic E-state index is 13.0. The molecule has 0 unspecified atom stereocenters. The van der Waals surface area contributed by atoms with Crippen molar-refractivity contribution in [3.05, 3.63) is 88.5 Å². The standard InChI is InChI=1S/C26H28N6O3/c1-16-9-10-23(17(2)11-16)35-15-19-7-6-8-20(12-19)25(33)30-22-14-28-32(5)24(22)26(34)29-21-13-27-31(4)18(21)3/h6-14H,15H2,1-5H3,(H,29,34)(H,30,33). The first-order chi connectivity index (χ1) is 16.7. The Balaban J connectivity index is 1.46. The number of hydrogen-bond acceptors (Lipinski definition) is 5. The third-order valence-electron chi connectivity index (χ3n) is 5.80. The Kier molecular flexibility index (Phi) is 6.68. The van der Waals surface area contributed by atoms with E-state index in [0.717, 1.165) is 22.6 Å². The van der Waals surface area contributed by atoms with Crippen molar-refractivity contribution < 1.29 is 14.3 Å². The number of nitrogens with zero attached hydrogens (tertiary/aromatic N) is 4. The van der Waals surface area contributed by atoms with Crippen LogP contribution in [0.5, 0.6) is 5.75 Å². The van der Waals surface area contributed by atoms with Crippen LogP contribution >= 0.6 is 0 Å². The Morgan fingerprint density at radius 3 is 2.31 bits per heavy atom. The third-order valence-corrected chi connectivity index (χ3v) is 5.80. The van der Waals surface area contributed by atoms with Gasteiger partial charge in [-0.25, -0.2) is 0 Å². The number of anilines is 2. The lowest BCUT2D eigenvalue weighted by Crippen LogP contribution is -2.20. The van der Waals surface area contributed by atoms with Crippen molar-refractivity contribution in [3.63, 3.8) is 0 Å². The van der Waals surface area contributed by atoms with Crippen LogP contribution in [-0.4, -0.2) is 31.4 Å². The SMILES string of the molecule is Cc1ccc(OCc2cccc(C(=O)Nc3cnn(C)c3C(=O)Nc3cnn(C)c3C)c2)c(C)c1. The minimum Gasteiger partial charge on any atom is -0.489 e. The van der Waals surface area contributed by atoms with Gasteiger partial charge in [0.25, 0.3) is 11.8 Å². The van der Waals surface area contributed by atoms with Gasteiger partial charge in [-0.1, -0.05) is 29.8 Å². The Labute approximate surface area is 203 Å². The highest BCUT2D eigenvalue weighted by Crippen LogP contribution is 2.22. The van der Waals surface area contributed by atoms with Gasteiger partial charge in [0.05, 0.1) is 29.5 Å². The molecule has 0 aliphatic carbocycles. The zero-order chi connectivity index (χ0) is 25.1. The van der Waals surface area contributed by atoms with E-state index in [2.05, 4.69) is 26.9 Å². The average Bonchev–Trinajstić information content (AvgIpc) is 3.35. The zero-order valence-corrected chi connectivity index (χ0v) is 20.4. The van der Waals surface area contributed by atoms with Gasteiger partial charge in [-0.15, -0.1) is 0 Å². The summed E-state index contributed by atoms with van der Waals surface area (Å²) in [5.41, 5.74) is 5.48. The number of ether oxygens (including phenoxy) is 1. The van der Waals surface area contributed by atoms with Crippen molar-refractivity contribution in [3.8, 4) is 5.75 Å². The second kappa shape index (κ2) is 9.84.